The molecule has 0 aliphatic carbocycles. The Bertz CT molecular complexity index is 684. The fraction of sp³-hybridized carbons (Fsp3) is 0.632. The Morgan fingerprint density at radius 3 is 2.80 bits per heavy atom. The summed E-state index contributed by atoms with van der Waals surface area (Å²) in [6, 6.07) is 7.67. The van der Waals surface area contributed by atoms with Crippen molar-refractivity contribution in [2.75, 3.05) is 25.1 Å². The first-order valence-electron chi connectivity index (χ1n) is 8.94. The number of hydrogen-bond acceptors (Lipinski definition) is 4. The van der Waals surface area contributed by atoms with Gasteiger partial charge in [-0.2, -0.15) is 0 Å². The molecule has 25 heavy (non-hydrogen) atoms. The first kappa shape index (κ1) is 19.8. The van der Waals surface area contributed by atoms with Crippen molar-refractivity contribution >= 4 is 15.7 Å². The molecular weight excluding hydrogens is 338 g/mol. The summed E-state index contributed by atoms with van der Waals surface area (Å²) in [5.41, 5.74) is 0.946. The highest BCUT2D eigenvalue weighted by Crippen LogP contribution is 2.22. The van der Waals surface area contributed by atoms with E-state index in [1.165, 1.54) is 6.26 Å². The zero-order chi connectivity index (χ0) is 18.4. The van der Waals surface area contributed by atoms with E-state index in [1.54, 1.807) is 0 Å². The Morgan fingerprint density at radius 1 is 1.36 bits per heavy atom. The van der Waals surface area contributed by atoms with Gasteiger partial charge in [0, 0.05) is 19.3 Å². The number of hydrogen-bond donors (Lipinski definition) is 0. The van der Waals surface area contributed by atoms with Crippen LogP contribution in [-0.2, 0) is 21.1 Å². The Labute approximate surface area is 151 Å². The highest BCUT2D eigenvalue weighted by molar-refractivity contribution is 7.90. The lowest BCUT2D eigenvalue weighted by Gasteiger charge is -2.33. The zero-order valence-electron chi connectivity index (χ0n) is 15.4. The standard InChI is InChI=1S/C19H29NO4S/c1-15(2)24-18-8-4-6-17(12-18)13-19(21)20-10-5-7-16(14-20)9-11-25(3,22)23/h4,6,8,12,15-16H,5,7,9-11,13-14H2,1-3H3. The lowest BCUT2D eigenvalue weighted by Crippen LogP contribution is -2.41. The van der Waals surface area contributed by atoms with Gasteiger partial charge >= 0.3 is 0 Å². The Hall–Kier alpha value is -1.56. The van der Waals surface area contributed by atoms with Gasteiger partial charge in [0.2, 0.25) is 5.91 Å². The van der Waals surface area contributed by atoms with E-state index in [9.17, 15) is 13.2 Å². The molecule has 1 atom stereocenters. The van der Waals surface area contributed by atoms with Gasteiger partial charge in [-0.05, 0) is 56.7 Å². The van der Waals surface area contributed by atoms with E-state index in [2.05, 4.69) is 0 Å². The van der Waals surface area contributed by atoms with Crippen molar-refractivity contribution in [1.82, 2.24) is 4.90 Å². The van der Waals surface area contributed by atoms with Crippen LogP contribution in [0.5, 0.6) is 5.75 Å². The van der Waals surface area contributed by atoms with Crippen LogP contribution in [-0.4, -0.2) is 50.4 Å². The maximum Gasteiger partial charge on any atom is 0.227 e. The molecule has 0 spiro atoms. The lowest BCUT2D eigenvalue weighted by atomic mass is 9.95. The molecular formula is C19H29NO4S. The van der Waals surface area contributed by atoms with Gasteiger partial charge in [-0.3, -0.25) is 4.79 Å². The number of rotatable bonds is 7. The minimum Gasteiger partial charge on any atom is -0.491 e. The number of carbonyl (C=O) groups excluding carboxylic acids is 1. The van der Waals surface area contributed by atoms with E-state index in [1.807, 2.05) is 43.0 Å². The molecule has 6 heteroatoms. The lowest BCUT2D eigenvalue weighted by molar-refractivity contribution is -0.132. The second kappa shape index (κ2) is 8.70. The normalized spacial score (nSPS) is 18.4. The van der Waals surface area contributed by atoms with Gasteiger partial charge in [-0.25, -0.2) is 8.42 Å². The number of piperidine rings is 1. The fourth-order valence-electron chi connectivity index (χ4n) is 3.20. The van der Waals surface area contributed by atoms with Gasteiger partial charge in [0.1, 0.15) is 15.6 Å². The molecule has 0 radical (unpaired) electrons. The number of likely N-dealkylation sites (tertiary alicyclic amines) is 1. The predicted molar refractivity (Wildman–Crippen MR) is 99.5 cm³/mol. The third kappa shape index (κ3) is 7.06. The largest absolute Gasteiger partial charge is 0.491 e. The molecule has 1 aliphatic rings. The molecule has 1 heterocycles. The Kier molecular flexibility index (Phi) is 6.87. The van der Waals surface area contributed by atoms with E-state index in [4.69, 9.17) is 4.74 Å². The molecule has 1 aliphatic heterocycles. The number of carbonyl (C=O) groups is 1. The van der Waals surface area contributed by atoms with E-state index in [0.717, 1.165) is 30.7 Å². The third-order valence-corrected chi connectivity index (χ3v) is 5.37. The average Bonchev–Trinajstić information content (AvgIpc) is 2.52. The van der Waals surface area contributed by atoms with Gasteiger partial charge in [-0.15, -0.1) is 0 Å². The molecule has 0 N–H and O–H groups in total. The monoisotopic (exact) mass is 367 g/mol. The van der Waals surface area contributed by atoms with Crippen molar-refractivity contribution in [1.29, 1.82) is 0 Å². The van der Waals surface area contributed by atoms with E-state index in [-0.39, 0.29) is 23.7 Å². The highest BCUT2D eigenvalue weighted by atomic mass is 32.2. The molecule has 5 nitrogen and oxygen atoms in total. The number of sulfone groups is 1. The minimum absolute atomic E-state index is 0.101. The molecule has 1 aromatic rings. The van der Waals surface area contributed by atoms with Crippen LogP contribution in [0.15, 0.2) is 24.3 Å². The molecule has 1 fully saturated rings. The van der Waals surface area contributed by atoms with E-state index >= 15 is 0 Å². The van der Waals surface area contributed by atoms with Crippen molar-refractivity contribution in [3.63, 3.8) is 0 Å². The summed E-state index contributed by atoms with van der Waals surface area (Å²) >= 11 is 0. The van der Waals surface area contributed by atoms with Crippen LogP contribution in [0.4, 0.5) is 0 Å². The highest BCUT2D eigenvalue weighted by Gasteiger charge is 2.24. The fourth-order valence-corrected chi connectivity index (χ4v) is 3.96. The molecule has 1 amide bonds. The van der Waals surface area contributed by atoms with Gasteiger partial charge in [0.05, 0.1) is 18.3 Å². The second-order valence-corrected chi connectivity index (χ2v) is 9.52. The number of amides is 1. The van der Waals surface area contributed by atoms with Crippen LogP contribution in [0.3, 0.4) is 0 Å². The first-order valence-corrected chi connectivity index (χ1v) is 11.0. The number of benzene rings is 1. The Morgan fingerprint density at radius 2 is 2.12 bits per heavy atom. The minimum atomic E-state index is -2.94. The van der Waals surface area contributed by atoms with Crippen LogP contribution in [0.25, 0.3) is 0 Å². The third-order valence-electron chi connectivity index (χ3n) is 4.39. The molecule has 2 rings (SSSR count). The topological polar surface area (TPSA) is 63.7 Å². The molecule has 0 aromatic heterocycles. The van der Waals surface area contributed by atoms with Crippen molar-refractivity contribution in [2.24, 2.45) is 5.92 Å². The predicted octanol–water partition coefficient (Wildman–Crippen LogP) is 2.69. The van der Waals surface area contributed by atoms with Gasteiger partial charge in [0.15, 0.2) is 0 Å². The quantitative estimate of drug-likeness (QED) is 0.743. The van der Waals surface area contributed by atoms with Crippen LogP contribution in [0.2, 0.25) is 0 Å². The summed E-state index contributed by atoms with van der Waals surface area (Å²) in [4.78, 5) is 14.5. The van der Waals surface area contributed by atoms with Crippen molar-refractivity contribution in [3.05, 3.63) is 29.8 Å². The summed E-state index contributed by atoms with van der Waals surface area (Å²) in [6.07, 6.45) is 4.30. The molecule has 0 bridgehead atoms. The zero-order valence-corrected chi connectivity index (χ0v) is 16.2. The van der Waals surface area contributed by atoms with Gasteiger partial charge < -0.3 is 9.64 Å². The SMILES string of the molecule is CC(C)Oc1cccc(CC(=O)N2CCCC(CCS(C)(=O)=O)C2)c1. The van der Waals surface area contributed by atoms with Crippen molar-refractivity contribution in [3.8, 4) is 5.75 Å². The van der Waals surface area contributed by atoms with Gasteiger partial charge in [-0.1, -0.05) is 12.1 Å². The number of ether oxygens (including phenoxy) is 1. The molecule has 140 valence electrons. The van der Waals surface area contributed by atoms with E-state index in [0.29, 0.717) is 19.4 Å². The maximum atomic E-state index is 12.6. The van der Waals surface area contributed by atoms with Crippen molar-refractivity contribution in [2.45, 2.75) is 45.6 Å². The summed E-state index contributed by atoms with van der Waals surface area (Å²) in [6.45, 7) is 5.37. The molecule has 1 aromatic carbocycles. The molecule has 1 saturated heterocycles. The maximum absolute atomic E-state index is 12.6. The molecule has 1 unspecified atom stereocenters. The summed E-state index contributed by atoms with van der Waals surface area (Å²) in [5, 5.41) is 0. The van der Waals surface area contributed by atoms with Crippen LogP contribution >= 0.6 is 0 Å². The van der Waals surface area contributed by atoms with E-state index < -0.39 is 9.84 Å². The average molecular weight is 368 g/mol. The second-order valence-electron chi connectivity index (χ2n) is 7.26. The Balaban J connectivity index is 1.91. The van der Waals surface area contributed by atoms with Crippen molar-refractivity contribution < 1.29 is 17.9 Å². The summed E-state index contributed by atoms with van der Waals surface area (Å²) < 4.78 is 28.4. The van der Waals surface area contributed by atoms with Crippen LogP contribution < -0.4 is 4.74 Å². The van der Waals surface area contributed by atoms with Crippen LogP contribution in [0.1, 0.15) is 38.7 Å². The van der Waals surface area contributed by atoms with Crippen LogP contribution in [0, 0.1) is 5.92 Å². The molecule has 0 saturated carbocycles. The first-order chi connectivity index (χ1) is 11.7. The summed E-state index contributed by atoms with van der Waals surface area (Å²) in [7, 11) is -2.94. The van der Waals surface area contributed by atoms with Gasteiger partial charge in [0.25, 0.3) is 0 Å². The summed E-state index contributed by atoms with van der Waals surface area (Å²) in [5.74, 6) is 1.37. The number of nitrogens with zero attached hydrogens (tertiary/aromatic N) is 1. The smallest absolute Gasteiger partial charge is 0.227 e.